The molecular weight excluding hydrogens is 214 g/mol. The Morgan fingerprint density at radius 2 is 2.24 bits per heavy atom. The molecule has 0 aliphatic carbocycles. The zero-order chi connectivity index (χ0) is 12.3. The fourth-order valence-corrected chi connectivity index (χ4v) is 2.02. The minimum Gasteiger partial charge on any atom is -0.397 e. The molecular formula is C13H19N3O. The van der Waals surface area contributed by atoms with Gasteiger partial charge in [0.15, 0.2) is 0 Å². The number of hydrogen-bond donors (Lipinski definition) is 1. The number of unbranched alkanes of at least 4 members (excludes halogenated alkanes) is 1. The first kappa shape index (κ1) is 11.9. The summed E-state index contributed by atoms with van der Waals surface area (Å²) in [4.78, 5) is 4.63. The van der Waals surface area contributed by atoms with Crippen molar-refractivity contribution in [2.45, 2.75) is 32.9 Å². The van der Waals surface area contributed by atoms with Gasteiger partial charge in [-0.15, -0.1) is 0 Å². The number of ether oxygens (including phenoxy) is 1. The van der Waals surface area contributed by atoms with Gasteiger partial charge in [-0.1, -0.05) is 19.4 Å². The van der Waals surface area contributed by atoms with Gasteiger partial charge in [0, 0.05) is 13.5 Å². The van der Waals surface area contributed by atoms with Crippen LogP contribution < -0.4 is 5.73 Å². The predicted molar refractivity (Wildman–Crippen MR) is 69.8 cm³/mol. The third kappa shape index (κ3) is 2.26. The van der Waals surface area contributed by atoms with Crippen LogP contribution in [0.5, 0.6) is 0 Å². The summed E-state index contributed by atoms with van der Waals surface area (Å²) in [5.74, 6) is 1.06. The first-order chi connectivity index (χ1) is 8.27. The van der Waals surface area contributed by atoms with Crippen molar-refractivity contribution in [2.75, 3.05) is 12.8 Å². The highest BCUT2D eigenvalue weighted by atomic mass is 16.5. The highest BCUT2D eigenvalue weighted by molar-refractivity contribution is 5.87. The summed E-state index contributed by atoms with van der Waals surface area (Å²) < 4.78 is 7.34. The van der Waals surface area contributed by atoms with Gasteiger partial charge in [-0.25, -0.2) is 4.98 Å². The Hall–Kier alpha value is -1.55. The smallest absolute Gasteiger partial charge is 0.124 e. The Kier molecular flexibility index (Phi) is 3.64. The lowest BCUT2D eigenvalue weighted by atomic mass is 10.2. The molecule has 92 valence electrons. The van der Waals surface area contributed by atoms with E-state index in [-0.39, 0.29) is 0 Å². The molecule has 0 aliphatic rings. The molecule has 0 unspecified atom stereocenters. The van der Waals surface area contributed by atoms with Crippen LogP contribution >= 0.6 is 0 Å². The number of hydrogen-bond acceptors (Lipinski definition) is 3. The standard InChI is InChI=1S/C13H19N3O/c1-3-4-8-12-15-13-10(14)6-5-7-11(13)16(12)9-17-2/h5-7H,3-4,8-9,14H2,1-2H3. The number of aryl methyl sites for hydroxylation is 1. The van der Waals surface area contributed by atoms with Crippen LogP contribution in [-0.2, 0) is 17.9 Å². The second-order valence-electron chi connectivity index (χ2n) is 4.19. The Bertz CT molecular complexity index is 505. The lowest BCUT2D eigenvalue weighted by Gasteiger charge is -2.07. The molecule has 4 nitrogen and oxygen atoms in total. The number of fused-ring (bicyclic) bond motifs is 1. The molecule has 0 fully saturated rings. The number of nitrogen functional groups attached to an aromatic ring is 1. The Balaban J connectivity index is 2.49. The van der Waals surface area contributed by atoms with Crippen LogP contribution in [0.4, 0.5) is 5.69 Å². The molecule has 1 heterocycles. The van der Waals surface area contributed by atoms with E-state index in [1.165, 1.54) is 0 Å². The normalized spacial score (nSPS) is 11.2. The monoisotopic (exact) mass is 233 g/mol. The molecule has 0 saturated carbocycles. The fraction of sp³-hybridized carbons (Fsp3) is 0.462. The van der Waals surface area contributed by atoms with Gasteiger partial charge in [0.2, 0.25) is 0 Å². The van der Waals surface area contributed by atoms with Crippen LogP contribution in [0.1, 0.15) is 25.6 Å². The van der Waals surface area contributed by atoms with Crippen LogP contribution in [0.3, 0.4) is 0 Å². The topological polar surface area (TPSA) is 53.1 Å². The molecule has 1 aromatic carbocycles. The van der Waals surface area contributed by atoms with Gasteiger partial charge in [-0.3, -0.25) is 0 Å². The molecule has 1 aromatic heterocycles. The third-order valence-electron chi connectivity index (χ3n) is 2.90. The Morgan fingerprint density at radius 3 is 2.94 bits per heavy atom. The fourth-order valence-electron chi connectivity index (χ4n) is 2.02. The summed E-state index contributed by atoms with van der Waals surface area (Å²) in [6.07, 6.45) is 3.26. The average Bonchev–Trinajstić information content (AvgIpc) is 2.67. The van der Waals surface area contributed by atoms with Gasteiger partial charge in [-0.2, -0.15) is 0 Å². The van der Waals surface area contributed by atoms with Crippen LogP contribution in [0.15, 0.2) is 18.2 Å². The molecule has 0 amide bonds. The van der Waals surface area contributed by atoms with Gasteiger partial charge in [-0.05, 0) is 18.6 Å². The number of nitrogens with two attached hydrogens (primary N) is 1. The molecule has 0 atom stereocenters. The summed E-state index contributed by atoms with van der Waals surface area (Å²) in [5.41, 5.74) is 8.62. The van der Waals surface area contributed by atoms with E-state index in [0.717, 1.165) is 41.8 Å². The minimum absolute atomic E-state index is 0.527. The summed E-state index contributed by atoms with van der Waals surface area (Å²) in [7, 11) is 1.70. The van der Waals surface area contributed by atoms with Crippen molar-refractivity contribution in [1.29, 1.82) is 0 Å². The maximum Gasteiger partial charge on any atom is 0.124 e. The maximum atomic E-state index is 5.95. The summed E-state index contributed by atoms with van der Waals surface area (Å²) in [6.45, 7) is 2.71. The number of benzene rings is 1. The molecule has 0 radical (unpaired) electrons. The number of methoxy groups -OCH3 is 1. The summed E-state index contributed by atoms with van der Waals surface area (Å²) >= 11 is 0. The number of para-hydroxylation sites is 1. The number of aromatic nitrogens is 2. The summed E-state index contributed by atoms with van der Waals surface area (Å²) in [5, 5.41) is 0. The summed E-state index contributed by atoms with van der Waals surface area (Å²) in [6, 6.07) is 5.87. The Labute approximate surface area is 101 Å². The van der Waals surface area contributed by atoms with Crippen LogP contribution in [0.25, 0.3) is 11.0 Å². The molecule has 4 heteroatoms. The van der Waals surface area contributed by atoms with Crippen molar-refractivity contribution in [2.24, 2.45) is 0 Å². The van der Waals surface area contributed by atoms with E-state index in [4.69, 9.17) is 10.5 Å². The lowest BCUT2D eigenvalue weighted by molar-refractivity contribution is 0.132. The molecule has 17 heavy (non-hydrogen) atoms. The quantitative estimate of drug-likeness (QED) is 0.807. The van der Waals surface area contributed by atoms with Gasteiger partial charge in [0.05, 0.1) is 11.2 Å². The molecule has 2 rings (SSSR count). The molecule has 0 saturated heterocycles. The number of anilines is 1. The highest BCUT2D eigenvalue weighted by Crippen LogP contribution is 2.22. The largest absolute Gasteiger partial charge is 0.397 e. The molecule has 2 N–H and O–H groups in total. The van der Waals surface area contributed by atoms with Crippen molar-refractivity contribution in [3.05, 3.63) is 24.0 Å². The van der Waals surface area contributed by atoms with E-state index < -0.39 is 0 Å². The lowest BCUT2D eigenvalue weighted by Crippen LogP contribution is -2.05. The zero-order valence-electron chi connectivity index (χ0n) is 10.4. The van der Waals surface area contributed by atoms with E-state index in [9.17, 15) is 0 Å². The second-order valence-corrected chi connectivity index (χ2v) is 4.19. The second kappa shape index (κ2) is 5.19. The number of nitrogens with zero attached hydrogens (tertiary/aromatic N) is 2. The van der Waals surface area contributed by atoms with Gasteiger partial charge < -0.3 is 15.0 Å². The van der Waals surface area contributed by atoms with Gasteiger partial charge in [0.25, 0.3) is 0 Å². The van der Waals surface area contributed by atoms with Crippen LogP contribution in [-0.4, -0.2) is 16.7 Å². The van der Waals surface area contributed by atoms with Crippen molar-refractivity contribution < 1.29 is 4.74 Å². The van der Waals surface area contributed by atoms with Crippen molar-refractivity contribution in [1.82, 2.24) is 9.55 Å². The SMILES string of the molecule is CCCCc1nc2c(N)cccc2n1COC. The minimum atomic E-state index is 0.527. The average molecular weight is 233 g/mol. The highest BCUT2D eigenvalue weighted by Gasteiger charge is 2.11. The number of rotatable bonds is 5. The van der Waals surface area contributed by atoms with Crippen molar-refractivity contribution in [3.63, 3.8) is 0 Å². The maximum absolute atomic E-state index is 5.95. The van der Waals surface area contributed by atoms with E-state index in [0.29, 0.717) is 6.73 Å². The van der Waals surface area contributed by atoms with Crippen LogP contribution in [0, 0.1) is 0 Å². The van der Waals surface area contributed by atoms with E-state index >= 15 is 0 Å². The van der Waals surface area contributed by atoms with E-state index in [2.05, 4.69) is 16.5 Å². The number of imidazole rings is 1. The predicted octanol–water partition coefficient (Wildman–Crippen LogP) is 2.57. The van der Waals surface area contributed by atoms with E-state index in [1.807, 2.05) is 18.2 Å². The van der Waals surface area contributed by atoms with Crippen molar-refractivity contribution in [3.8, 4) is 0 Å². The van der Waals surface area contributed by atoms with Crippen molar-refractivity contribution >= 4 is 16.7 Å². The third-order valence-corrected chi connectivity index (χ3v) is 2.90. The van der Waals surface area contributed by atoms with Gasteiger partial charge in [0.1, 0.15) is 18.1 Å². The molecule has 0 aliphatic heterocycles. The Morgan fingerprint density at radius 1 is 1.41 bits per heavy atom. The first-order valence-electron chi connectivity index (χ1n) is 6.00. The first-order valence-corrected chi connectivity index (χ1v) is 6.00. The molecule has 0 bridgehead atoms. The molecule has 2 aromatic rings. The molecule has 0 spiro atoms. The van der Waals surface area contributed by atoms with Gasteiger partial charge >= 0.3 is 0 Å². The van der Waals surface area contributed by atoms with Crippen LogP contribution in [0.2, 0.25) is 0 Å². The van der Waals surface area contributed by atoms with E-state index in [1.54, 1.807) is 7.11 Å². The zero-order valence-corrected chi connectivity index (χ0v) is 10.4.